The van der Waals surface area contributed by atoms with E-state index in [1.54, 1.807) is 0 Å². The van der Waals surface area contributed by atoms with Crippen LogP contribution in [0.3, 0.4) is 0 Å². The van der Waals surface area contributed by atoms with Crippen molar-refractivity contribution in [1.29, 1.82) is 0 Å². The number of hydrogen-bond acceptors (Lipinski definition) is 0. The van der Waals surface area contributed by atoms with Gasteiger partial charge in [-0.05, 0) is 18.3 Å². The molecule has 0 unspecified atom stereocenters. The van der Waals surface area contributed by atoms with E-state index in [-0.39, 0.29) is 0 Å². The molecular formula is C10H21. The van der Waals surface area contributed by atoms with E-state index in [2.05, 4.69) is 34.1 Å². The van der Waals surface area contributed by atoms with E-state index < -0.39 is 0 Å². The van der Waals surface area contributed by atoms with E-state index >= 15 is 0 Å². The largest absolute Gasteiger partial charge is 0.0649 e. The van der Waals surface area contributed by atoms with Crippen molar-refractivity contribution in [1.82, 2.24) is 0 Å². The molecule has 0 nitrogen and oxygen atoms in total. The molecule has 0 saturated carbocycles. The van der Waals surface area contributed by atoms with Crippen molar-refractivity contribution in [3.05, 3.63) is 6.42 Å². The summed E-state index contributed by atoms with van der Waals surface area (Å²) in [6.45, 7) is 9.07. The SMILES string of the molecule is C[CH]CC(CC)(CC)CC. The van der Waals surface area contributed by atoms with Gasteiger partial charge in [0.2, 0.25) is 0 Å². The lowest BCUT2D eigenvalue weighted by Crippen LogP contribution is -2.16. The van der Waals surface area contributed by atoms with Gasteiger partial charge in [0.05, 0.1) is 0 Å². The van der Waals surface area contributed by atoms with Gasteiger partial charge in [0.15, 0.2) is 0 Å². The molecule has 0 aliphatic rings. The van der Waals surface area contributed by atoms with Crippen molar-refractivity contribution in [3.8, 4) is 0 Å². The van der Waals surface area contributed by atoms with Crippen molar-refractivity contribution >= 4 is 0 Å². The van der Waals surface area contributed by atoms with E-state index in [9.17, 15) is 0 Å². The molecule has 0 N–H and O–H groups in total. The van der Waals surface area contributed by atoms with Crippen molar-refractivity contribution in [2.75, 3.05) is 0 Å². The molecule has 0 bridgehead atoms. The lowest BCUT2D eigenvalue weighted by atomic mass is 9.76. The first kappa shape index (κ1) is 10.0. The van der Waals surface area contributed by atoms with Crippen LogP contribution in [0.2, 0.25) is 0 Å². The predicted molar refractivity (Wildman–Crippen MR) is 47.9 cm³/mol. The molecule has 0 amide bonds. The molecular weight excluding hydrogens is 120 g/mol. The summed E-state index contributed by atoms with van der Waals surface area (Å²) in [7, 11) is 0. The van der Waals surface area contributed by atoms with Gasteiger partial charge in [-0.2, -0.15) is 0 Å². The summed E-state index contributed by atoms with van der Waals surface area (Å²) < 4.78 is 0. The normalized spacial score (nSPS) is 12.0. The minimum atomic E-state index is 0.620. The van der Waals surface area contributed by atoms with E-state index in [4.69, 9.17) is 0 Å². The summed E-state index contributed by atoms with van der Waals surface area (Å²) >= 11 is 0. The Bertz CT molecular complexity index is 61.8. The summed E-state index contributed by atoms with van der Waals surface area (Å²) in [5, 5.41) is 0. The molecule has 0 aliphatic heterocycles. The molecule has 0 spiro atoms. The average molecular weight is 141 g/mol. The fourth-order valence-electron chi connectivity index (χ4n) is 1.62. The van der Waals surface area contributed by atoms with Crippen molar-refractivity contribution < 1.29 is 0 Å². The molecule has 61 valence electrons. The van der Waals surface area contributed by atoms with E-state index in [1.807, 2.05) is 0 Å². The van der Waals surface area contributed by atoms with Gasteiger partial charge in [-0.25, -0.2) is 0 Å². The van der Waals surface area contributed by atoms with Crippen LogP contribution in [0.15, 0.2) is 0 Å². The van der Waals surface area contributed by atoms with Crippen LogP contribution in [-0.4, -0.2) is 0 Å². The predicted octanol–water partition coefficient (Wildman–Crippen LogP) is 3.82. The first-order valence-corrected chi connectivity index (χ1v) is 4.52. The highest BCUT2D eigenvalue weighted by Crippen LogP contribution is 2.34. The van der Waals surface area contributed by atoms with E-state index in [0.717, 1.165) is 0 Å². The molecule has 0 saturated heterocycles. The topological polar surface area (TPSA) is 0 Å². The smallest absolute Gasteiger partial charge is 0.0303 e. The van der Waals surface area contributed by atoms with Gasteiger partial charge in [0, 0.05) is 0 Å². The zero-order valence-electron chi connectivity index (χ0n) is 7.91. The number of rotatable bonds is 5. The van der Waals surface area contributed by atoms with Crippen molar-refractivity contribution in [3.63, 3.8) is 0 Å². The van der Waals surface area contributed by atoms with Crippen LogP contribution in [0.25, 0.3) is 0 Å². The van der Waals surface area contributed by atoms with Crippen LogP contribution in [0.5, 0.6) is 0 Å². The molecule has 0 rings (SSSR count). The third-order valence-electron chi connectivity index (χ3n) is 2.89. The maximum atomic E-state index is 2.30. The summed E-state index contributed by atoms with van der Waals surface area (Å²) in [6, 6.07) is 0. The first-order valence-electron chi connectivity index (χ1n) is 4.52. The van der Waals surface area contributed by atoms with Gasteiger partial charge < -0.3 is 0 Å². The Kier molecular flexibility index (Phi) is 4.76. The molecule has 0 heterocycles. The molecule has 0 aromatic rings. The zero-order chi connectivity index (χ0) is 8.04. The summed E-state index contributed by atoms with van der Waals surface area (Å²) in [4.78, 5) is 0. The Morgan fingerprint density at radius 2 is 1.40 bits per heavy atom. The molecule has 0 atom stereocenters. The van der Waals surface area contributed by atoms with E-state index in [0.29, 0.717) is 5.41 Å². The molecule has 0 aliphatic carbocycles. The second-order valence-electron chi connectivity index (χ2n) is 3.17. The fourth-order valence-corrected chi connectivity index (χ4v) is 1.62. The van der Waals surface area contributed by atoms with Crippen LogP contribution in [0.1, 0.15) is 53.4 Å². The van der Waals surface area contributed by atoms with Gasteiger partial charge >= 0.3 is 0 Å². The molecule has 0 fully saturated rings. The standard InChI is InChI=1S/C10H21/c1-5-9-10(6-2,7-3)8-4/h5H,6-9H2,1-4H3. The highest BCUT2D eigenvalue weighted by Gasteiger charge is 2.21. The second kappa shape index (κ2) is 4.76. The lowest BCUT2D eigenvalue weighted by Gasteiger charge is -2.29. The van der Waals surface area contributed by atoms with Crippen LogP contribution >= 0.6 is 0 Å². The van der Waals surface area contributed by atoms with Gasteiger partial charge in [0.25, 0.3) is 0 Å². The van der Waals surface area contributed by atoms with Crippen LogP contribution in [-0.2, 0) is 0 Å². The molecule has 0 aromatic carbocycles. The molecule has 10 heavy (non-hydrogen) atoms. The van der Waals surface area contributed by atoms with Gasteiger partial charge in [-0.15, -0.1) is 0 Å². The summed E-state index contributed by atoms with van der Waals surface area (Å²) in [6.07, 6.45) is 7.56. The average Bonchev–Trinajstić information content (AvgIpc) is 2.01. The van der Waals surface area contributed by atoms with E-state index in [1.165, 1.54) is 25.7 Å². The van der Waals surface area contributed by atoms with Crippen LogP contribution < -0.4 is 0 Å². The highest BCUT2D eigenvalue weighted by atomic mass is 14.3. The number of hydrogen-bond donors (Lipinski definition) is 0. The fraction of sp³-hybridized carbons (Fsp3) is 0.900. The molecule has 0 heteroatoms. The summed E-state index contributed by atoms with van der Waals surface area (Å²) in [5.41, 5.74) is 0.620. The molecule has 0 aromatic heterocycles. The maximum absolute atomic E-state index is 2.30. The highest BCUT2D eigenvalue weighted by molar-refractivity contribution is 4.79. The Balaban J connectivity index is 3.87. The Hall–Kier alpha value is 0. The van der Waals surface area contributed by atoms with Gasteiger partial charge in [-0.1, -0.05) is 47.0 Å². The summed E-state index contributed by atoms with van der Waals surface area (Å²) in [5.74, 6) is 0. The Labute approximate surface area is 66.0 Å². The van der Waals surface area contributed by atoms with Gasteiger partial charge in [-0.3, -0.25) is 0 Å². The second-order valence-corrected chi connectivity index (χ2v) is 3.17. The molecule has 1 radical (unpaired) electrons. The maximum Gasteiger partial charge on any atom is -0.0303 e. The minimum absolute atomic E-state index is 0.620. The quantitative estimate of drug-likeness (QED) is 0.546. The van der Waals surface area contributed by atoms with Crippen LogP contribution in [0, 0.1) is 11.8 Å². The Morgan fingerprint density at radius 1 is 1.00 bits per heavy atom. The zero-order valence-corrected chi connectivity index (χ0v) is 7.91. The third-order valence-corrected chi connectivity index (χ3v) is 2.89. The third kappa shape index (κ3) is 2.32. The van der Waals surface area contributed by atoms with Crippen molar-refractivity contribution in [2.24, 2.45) is 5.41 Å². The minimum Gasteiger partial charge on any atom is -0.0649 e. The van der Waals surface area contributed by atoms with Crippen LogP contribution in [0.4, 0.5) is 0 Å². The Morgan fingerprint density at radius 3 is 1.50 bits per heavy atom. The first-order chi connectivity index (χ1) is 4.74. The van der Waals surface area contributed by atoms with Crippen molar-refractivity contribution in [2.45, 2.75) is 53.4 Å². The van der Waals surface area contributed by atoms with Gasteiger partial charge in [0.1, 0.15) is 0 Å². The lowest BCUT2D eigenvalue weighted by molar-refractivity contribution is 0.246. The monoisotopic (exact) mass is 141 g/mol.